The molecule has 2 fully saturated rings. The largest absolute Gasteiger partial charge is 0.461 e. The standard InChI is InChI=1S/C17H25N7O/c1-18-17(24-9-6-13(12-24)23-7-2-3-8-23)19-11-15-20-16(22-21-15)14-5-4-10-25-14/h4-5,10,13H,2-3,6-9,11-12H2,1H3,(H,18,19)(H,20,21,22). The van der Waals surface area contributed by atoms with Gasteiger partial charge in [0.15, 0.2) is 11.7 Å². The third-order valence-electron chi connectivity index (χ3n) is 5.02. The summed E-state index contributed by atoms with van der Waals surface area (Å²) >= 11 is 0. The Labute approximate surface area is 147 Å². The van der Waals surface area contributed by atoms with Crippen LogP contribution in [0.15, 0.2) is 27.8 Å². The van der Waals surface area contributed by atoms with Crippen molar-refractivity contribution in [2.75, 3.05) is 33.2 Å². The van der Waals surface area contributed by atoms with Gasteiger partial charge >= 0.3 is 0 Å². The van der Waals surface area contributed by atoms with Crippen LogP contribution in [-0.2, 0) is 6.54 Å². The molecule has 0 radical (unpaired) electrons. The first-order chi connectivity index (χ1) is 12.3. The molecule has 1 unspecified atom stereocenters. The molecule has 1 atom stereocenters. The summed E-state index contributed by atoms with van der Waals surface area (Å²) in [6.45, 7) is 5.16. The van der Waals surface area contributed by atoms with Gasteiger partial charge in [0.1, 0.15) is 5.82 Å². The Morgan fingerprint density at radius 1 is 1.40 bits per heavy atom. The van der Waals surface area contributed by atoms with E-state index in [1.165, 1.54) is 32.4 Å². The quantitative estimate of drug-likeness (QED) is 0.643. The Morgan fingerprint density at radius 3 is 3.04 bits per heavy atom. The van der Waals surface area contributed by atoms with Gasteiger partial charge in [-0.05, 0) is 44.5 Å². The zero-order valence-electron chi connectivity index (χ0n) is 14.6. The lowest BCUT2D eigenvalue weighted by Crippen LogP contribution is -2.42. The number of likely N-dealkylation sites (tertiary alicyclic amines) is 2. The van der Waals surface area contributed by atoms with Gasteiger partial charge in [-0.2, -0.15) is 0 Å². The van der Waals surface area contributed by atoms with Crippen LogP contribution in [0.4, 0.5) is 0 Å². The normalized spacial score (nSPS) is 22.0. The first kappa shape index (κ1) is 16.1. The Bertz CT molecular complexity index is 702. The van der Waals surface area contributed by atoms with Crippen LogP contribution in [0.25, 0.3) is 11.6 Å². The lowest BCUT2D eigenvalue weighted by atomic mass is 10.2. The van der Waals surface area contributed by atoms with E-state index >= 15 is 0 Å². The van der Waals surface area contributed by atoms with Gasteiger partial charge < -0.3 is 14.6 Å². The van der Waals surface area contributed by atoms with Crippen molar-refractivity contribution < 1.29 is 4.42 Å². The van der Waals surface area contributed by atoms with Crippen LogP contribution in [0.5, 0.6) is 0 Å². The van der Waals surface area contributed by atoms with Gasteiger partial charge in [-0.15, -0.1) is 5.10 Å². The molecule has 2 aromatic rings. The molecule has 134 valence electrons. The van der Waals surface area contributed by atoms with Crippen LogP contribution in [-0.4, -0.2) is 70.2 Å². The first-order valence-corrected chi connectivity index (χ1v) is 8.98. The van der Waals surface area contributed by atoms with Crippen LogP contribution >= 0.6 is 0 Å². The summed E-state index contributed by atoms with van der Waals surface area (Å²) in [7, 11) is 1.83. The summed E-state index contributed by atoms with van der Waals surface area (Å²) < 4.78 is 5.32. The average Bonchev–Trinajstić information content (AvgIpc) is 3.41. The summed E-state index contributed by atoms with van der Waals surface area (Å²) in [5.74, 6) is 2.94. The molecule has 0 amide bonds. The molecule has 4 heterocycles. The predicted octanol–water partition coefficient (Wildman–Crippen LogP) is 1.31. The lowest BCUT2D eigenvalue weighted by molar-refractivity contribution is 0.249. The summed E-state index contributed by atoms with van der Waals surface area (Å²) in [6, 6.07) is 4.34. The number of guanidine groups is 1. The summed E-state index contributed by atoms with van der Waals surface area (Å²) in [5, 5.41) is 10.5. The Hall–Kier alpha value is -2.35. The molecule has 2 N–H and O–H groups in total. The second-order valence-corrected chi connectivity index (χ2v) is 6.62. The van der Waals surface area contributed by atoms with Crippen molar-refractivity contribution in [1.29, 1.82) is 0 Å². The van der Waals surface area contributed by atoms with Crippen molar-refractivity contribution in [2.24, 2.45) is 4.99 Å². The number of aromatic amines is 1. The van der Waals surface area contributed by atoms with Gasteiger partial charge in [0.2, 0.25) is 5.82 Å². The molecule has 2 aliphatic rings. The van der Waals surface area contributed by atoms with Gasteiger partial charge in [-0.1, -0.05) is 0 Å². The second kappa shape index (κ2) is 7.26. The maximum absolute atomic E-state index is 5.32. The molecular weight excluding hydrogens is 318 g/mol. The van der Waals surface area contributed by atoms with Crippen molar-refractivity contribution in [3.8, 4) is 11.6 Å². The van der Waals surface area contributed by atoms with Crippen LogP contribution in [0.3, 0.4) is 0 Å². The molecule has 0 aliphatic carbocycles. The molecule has 0 saturated carbocycles. The fourth-order valence-electron chi connectivity index (χ4n) is 3.72. The van der Waals surface area contributed by atoms with Crippen molar-refractivity contribution in [1.82, 2.24) is 30.3 Å². The maximum atomic E-state index is 5.32. The molecule has 0 spiro atoms. The molecule has 2 aromatic heterocycles. The fraction of sp³-hybridized carbons (Fsp3) is 0.588. The van der Waals surface area contributed by atoms with E-state index in [-0.39, 0.29) is 0 Å². The molecular formula is C17H25N7O. The van der Waals surface area contributed by atoms with Crippen molar-refractivity contribution in [2.45, 2.75) is 31.8 Å². The molecule has 0 aromatic carbocycles. The molecule has 8 heteroatoms. The highest BCUT2D eigenvalue weighted by atomic mass is 16.3. The topological polar surface area (TPSA) is 85.6 Å². The number of furan rings is 1. The minimum atomic E-state index is 0.561. The van der Waals surface area contributed by atoms with E-state index in [2.05, 4.69) is 35.3 Å². The second-order valence-electron chi connectivity index (χ2n) is 6.62. The Kier molecular flexibility index (Phi) is 4.69. The molecule has 4 rings (SSSR count). The molecule has 0 bridgehead atoms. The zero-order chi connectivity index (χ0) is 17.1. The van der Waals surface area contributed by atoms with Gasteiger partial charge in [0.05, 0.1) is 12.8 Å². The number of hydrogen-bond donors (Lipinski definition) is 2. The van der Waals surface area contributed by atoms with E-state index in [0.29, 0.717) is 24.2 Å². The zero-order valence-corrected chi connectivity index (χ0v) is 14.6. The summed E-state index contributed by atoms with van der Waals surface area (Å²) in [5.41, 5.74) is 0. The van der Waals surface area contributed by atoms with Crippen LogP contribution < -0.4 is 5.32 Å². The summed E-state index contributed by atoms with van der Waals surface area (Å²) in [4.78, 5) is 13.9. The maximum Gasteiger partial charge on any atom is 0.216 e. The minimum Gasteiger partial charge on any atom is -0.461 e. The Morgan fingerprint density at radius 2 is 2.28 bits per heavy atom. The number of nitrogens with one attached hydrogen (secondary N) is 2. The van der Waals surface area contributed by atoms with Gasteiger partial charge in [0, 0.05) is 26.2 Å². The van der Waals surface area contributed by atoms with E-state index in [0.717, 1.165) is 24.9 Å². The van der Waals surface area contributed by atoms with Crippen molar-refractivity contribution in [3.05, 3.63) is 24.2 Å². The van der Waals surface area contributed by atoms with Gasteiger partial charge in [-0.3, -0.25) is 15.0 Å². The Balaban J connectivity index is 1.32. The summed E-state index contributed by atoms with van der Waals surface area (Å²) in [6.07, 6.45) is 5.52. The van der Waals surface area contributed by atoms with Crippen LogP contribution in [0.1, 0.15) is 25.1 Å². The van der Waals surface area contributed by atoms with E-state index in [1.54, 1.807) is 6.26 Å². The number of H-pyrrole nitrogens is 1. The monoisotopic (exact) mass is 343 g/mol. The van der Waals surface area contributed by atoms with Crippen molar-refractivity contribution >= 4 is 5.96 Å². The minimum absolute atomic E-state index is 0.561. The third-order valence-corrected chi connectivity index (χ3v) is 5.02. The van der Waals surface area contributed by atoms with E-state index in [4.69, 9.17) is 4.42 Å². The van der Waals surface area contributed by atoms with Gasteiger partial charge in [0.25, 0.3) is 0 Å². The molecule has 2 saturated heterocycles. The van der Waals surface area contributed by atoms with E-state index in [1.807, 2.05) is 19.2 Å². The number of hydrogen-bond acceptors (Lipinski definition) is 5. The fourth-order valence-corrected chi connectivity index (χ4v) is 3.72. The highest BCUT2D eigenvalue weighted by Crippen LogP contribution is 2.20. The smallest absolute Gasteiger partial charge is 0.216 e. The molecule has 8 nitrogen and oxygen atoms in total. The first-order valence-electron chi connectivity index (χ1n) is 8.98. The number of rotatable bonds is 4. The highest BCUT2D eigenvalue weighted by molar-refractivity contribution is 5.80. The number of aromatic nitrogens is 3. The van der Waals surface area contributed by atoms with Crippen LogP contribution in [0, 0.1) is 0 Å². The van der Waals surface area contributed by atoms with Crippen molar-refractivity contribution in [3.63, 3.8) is 0 Å². The number of nitrogens with zero attached hydrogens (tertiary/aromatic N) is 5. The SMILES string of the molecule is CN=C(NCc1nc(-c2ccco2)n[nH]1)N1CCC(N2CCCC2)C1. The van der Waals surface area contributed by atoms with Gasteiger partial charge in [-0.25, -0.2) is 4.98 Å². The molecule has 2 aliphatic heterocycles. The number of aliphatic imine (C=N–C) groups is 1. The van der Waals surface area contributed by atoms with E-state index < -0.39 is 0 Å². The molecule has 25 heavy (non-hydrogen) atoms. The average molecular weight is 343 g/mol. The third kappa shape index (κ3) is 3.53. The predicted molar refractivity (Wildman–Crippen MR) is 95.1 cm³/mol. The van der Waals surface area contributed by atoms with E-state index in [9.17, 15) is 0 Å². The highest BCUT2D eigenvalue weighted by Gasteiger charge is 2.30. The lowest BCUT2D eigenvalue weighted by Gasteiger charge is -2.25. The van der Waals surface area contributed by atoms with Crippen LogP contribution in [0.2, 0.25) is 0 Å².